The first-order valence-electron chi connectivity index (χ1n) is 14.6. The van der Waals surface area contributed by atoms with Crippen molar-refractivity contribution in [1.82, 2.24) is 31.5 Å². The molecule has 0 atom stereocenters. The van der Waals surface area contributed by atoms with Crippen molar-refractivity contribution in [2.45, 2.75) is 63.9 Å². The number of rotatable bonds is 20. The second-order valence-corrected chi connectivity index (χ2v) is 10.8. The number of hydrogen-bond donors (Lipinski definition) is 8. The van der Waals surface area contributed by atoms with Crippen LogP contribution in [0.5, 0.6) is 0 Å². The summed E-state index contributed by atoms with van der Waals surface area (Å²) in [5, 5.41) is 0. The van der Waals surface area contributed by atoms with Crippen LogP contribution in [0, 0.1) is 5.41 Å². The van der Waals surface area contributed by atoms with Crippen molar-refractivity contribution in [1.29, 1.82) is 0 Å². The van der Waals surface area contributed by atoms with Crippen molar-refractivity contribution in [3.63, 3.8) is 0 Å². The second-order valence-electron chi connectivity index (χ2n) is 10.8. The molecule has 12 N–H and O–H groups in total. The van der Waals surface area contributed by atoms with Gasteiger partial charge in [-0.05, 0) is 38.8 Å². The topological polar surface area (TPSA) is 264 Å². The van der Waals surface area contributed by atoms with Gasteiger partial charge < -0.3 is 28.7 Å². The summed E-state index contributed by atoms with van der Waals surface area (Å²) < 4.78 is 24.0. The fourth-order valence-electron chi connectivity index (χ4n) is 4.72. The third-order valence-electron chi connectivity index (χ3n) is 7.39. The lowest BCUT2D eigenvalue weighted by Crippen LogP contribution is -2.52. The van der Waals surface area contributed by atoms with Crippen molar-refractivity contribution in [2.75, 3.05) is 65.7 Å². The molecule has 2 rings (SSSR count). The SMILES string of the molecule is NNC(=O)CCN(CCCC1OCC2(CO1)COC(CCCN(CCC(=O)NN)CCC(=O)NN)OC2)CCC(=O)NN. The highest BCUT2D eigenvalue weighted by Gasteiger charge is 2.41. The summed E-state index contributed by atoms with van der Waals surface area (Å²) in [4.78, 5) is 50.1. The molecule has 4 amide bonds. The van der Waals surface area contributed by atoms with Gasteiger partial charge in [-0.25, -0.2) is 23.4 Å². The predicted molar refractivity (Wildman–Crippen MR) is 153 cm³/mol. The summed E-state index contributed by atoms with van der Waals surface area (Å²) in [6, 6.07) is 0. The molecule has 18 heteroatoms. The van der Waals surface area contributed by atoms with Gasteiger partial charge in [-0.15, -0.1) is 0 Å². The van der Waals surface area contributed by atoms with E-state index in [2.05, 4.69) is 21.7 Å². The van der Waals surface area contributed by atoms with Crippen LogP contribution >= 0.6 is 0 Å². The monoisotopic (exact) mass is 618 g/mol. The summed E-state index contributed by atoms with van der Waals surface area (Å²) in [6.45, 7) is 4.92. The number of ether oxygens (including phenoxy) is 4. The van der Waals surface area contributed by atoms with Gasteiger partial charge in [0.2, 0.25) is 23.6 Å². The van der Waals surface area contributed by atoms with E-state index in [1.807, 2.05) is 9.80 Å². The maximum absolute atomic E-state index is 11.5. The summed E-state index contributed by atoms with van der Waals surface area (Å²) >= 11 is 0. The average Bonchev–Trinajstić information content (AvgIpc) is 3.04. The van der Waals surface area contributed by atoms with Gasteiger partial charge in [-0.3, -0.25) is 40.9 Å². The molecule has 2 fully saturated rings. The molecule has 0 saturated carbocycles. The number of nitrogens with two attached hydrogens (primary N) is 4. The summed E-state index contributed by atoms with van der Waals surface area (Å²) in [6.07, 6.45) is 2.95. The number of nitrogens with one attached hydrogen (secondary N) is 4. The van der Waals surface area contributed by atoms with E-state index in [1.165, 1.54) is 0 Å². The molecule has 43 heavy (non-hydrogen) atoms. The number of hydrazine groups is 4. The molecule has 2 aliphatic rings. The van der Waals surface area contributed by atoms with E-state index in [0.29, 0.717) is 78.5 Å². The zero-order valence-electron chi connectivity index (χ0n) is 24.9. The molecule has 0 aromatic carbocycles. The Balaban J connectivity index is 1.67. The molecule has 2 aliphatic heterocycles. The Labute approximate surface area is 252 Å². The van der Waals surface area contributed by atoms with E-state index in [0.717, 1.165) is 12.8 Å². The summed E-state index contributed by atoms with van der Waals surface area (Å²) in [5.41, 5.74) is 8.07. The lowest BCUT2D eigenvalue weighted by Gasteiger charge is -2.44. The van der Waals surface area contributed by atoms with Crippen molar-refractivity contribution < 1.29 is 38.1 Å². The van der Waals surface area contributed by atoms with Gasteiger partial charge in [-0.2, -0.15) is 0 Å². The average molecular weight is 619 g/mol. The number of carbonyl (C=O) groups excluding carboxylic acids is 4. The molecular formula is C25H50N10O8. The van der Waals surface area contributed by atoms with E-state index in [4.69, 9.17) is 42.3 Å². The first-order chi connectivity index (χ1) is 20.7. The van der Waals surface area contributed by atoms with Crippen LogP contribution in [0.25, 0.3) is 0 Å². The maximum Gasteiger partial charge on any atom is 0.235 e. The Morgan fingerprint density at radius 2 is 0.814 bits per heavy atom. The highest BCUT2D eigenvalue weighted by atomic mass is 16.7. The van der Waals surface area contributed by atoms with E-state index in [1.54, 1.807) is 0 Å². The third kappa shape index (κ3) is 14.7. The van der Waals surface area contributed by atoms with Crippen LogP contribution < -0.4 is 45.1 Å². The van der Waals surface area contributed by atoms with E-state index in [9.17, 15) is 19.2 Å². The van der Waals surface area contributed by atoms with Gasteiger partial charge in [0, 0.05) is 51.9 Å². The predicted octanol–water partition coefficient (Wildman–Crippen LogP) is -3.60. The van der Waals surface area contributed by atoms with Gasteiger partial charge in [0.05, 0.1) is 31.8 Å². The van der Waals surface area contributed by atoms with E-state index in [-0.39, 0.29) is 67.3 Å². The van der Waals surface area contributed by atoms with Crippen LogP contribution in [-0.2, 0) is 38.1 Å². The van der Waals surface area contributed by atoms with Crippen molar-refractivity contribution >= 4 is 23.6 Å². The smallest absolute Gasteiger partial charge is 0.235 e. The van der Waals surface area contributed by atoms with E-state index < -0.39 is 0 Å². The minimum Gasteiger partial charge on any atom is -0.352 e. The van der Waals surface area contributed by atoms with Gasteiger partial charge >= 0.3 is 0 Å². The molecule has 1 spiro atoms. The van der Waals surface area contributed by atoms with Gasteiger partial charge in [-0.1, -0.05) is 0 Å². The Morgan fingerprint density at radius 1 is 0.535 bits per heavy atom. The van der Waals surface area contributed by atoms with Crippen LogP contribution in [0.1, 0.15) is 51.4 Å². The van der Waals surface area contributed by atoms with E-state index >= 15 is 0 Å². The molecule has 2 saturated heterocycles. The first-order valence-corrected chi connectivity index (χ1v) is 14.6. The fourth-order valence-corrected chi connectivity index (χ4v) is 4.72. The minimum absolute atomic E-state index is 0.222. The van der Waals surface area contributed by atoms with Crippen LogP contribution in [0.4, 0.5) is 0 Å². The molecule has 248 valence electrons. The zero-order chi connectivity index (χ0) is 31.5. The lowest BCUT2D eigenvalue weighted by atomic mass is 9.90. The molecule has 0 aliphatic carbocycles. The van der Waals surface area contributed by atoms with Gasteiger partial charge in [0.15, 0.2) is 12.6 Å². The quantitative estimate of drug-likeness (QED) is 0.0372. The zero-order valence-corrected chi connectivity index (χ0v) is 24.9. The second kappa shape index (κ2) is 20.4. The highest BCUT2D eigenvalue weighted by Crippen LogP contribution is 2.32. The van der Waals surface area contributed by atoms with Crippen molar-refractivity contribution in [3.05, 3.63) is 0 Å². The number of amides is 4. The minimum atomic E-state index is -0.374. The third-order valence-corrected chi connectivity index (χ3v) is 7.39. The van der Waals surface area contributed by atoms with Crippen LogP contribution in [0.3, 0.4) is 0 Å². The van der Waals surface area contributed by atoms with Crippen LogP contribution in [0.15, 0.2) is 0 Å². The summed E-state index contributed by atoms with van der Waals surface area (Å²) in [7, 11) is 0. The molecule has 0 aromatic rings. The van der Waals surface area contributed by atoms with Gasteiger partial charge in [0.25, 0.3) is 0 Å². The highest BCUT2D eigenvalue weighted by molar-refractivity contribution is 5.76. The normalized spacial score (nSPS) is 22.0. The number of hydrogen-bond acceptors (Lipinski definition) is 14. The van der Waals surface area contributed by atoms with Crippen LogP contribution in [0.2, 0.25) is 0 Å². The molecule has 0 unspecified atom stereocenters. The molecule has 0 aromatic heterocycles. The molecule has 18 nitrogen and oxygen atoms in total. The molecule has 0 bridgehead atoms. The molecule has 0 radical (unpaired) electrons. The molecule has 2 heterocycles. The summed E-state index contributed by atoms with van der Waals surface area (Å²) in [5.74, 6) is 19.5. The Hall–Kier alpha value is -2.52. The number of nitrogens with zero attached hydrogens (tertiary/aromatic N) is 2. The fraction of sp³-hybridized carbons (Fsp3) is 0.840. The lowest BCUT2D eigenvalue weighted by molar-refractivity contribution is -0.304. The van der Waals surface area contributed by atoms with Gasteiger partial charge in [0.1, 0.15) is 0 Å². The Kier molecular flexibility index (Phi) is 17.4. The largest absolute Gasteiger partial charge is 0.352 e. The van der Waals surface area contributed by atoms with Crippen molar-refractivity contribution in [3.8, 4) is 0 Å². The Bertz CT molecular complexity index is 742. The maximum atomic E-state index is 11.5. The standard InChI is InChI=1S/C25H50N10O8/c26-30-19(36)5-11-34(12-6-20(37)31-27)9-1-3-23-40-15-25(16-41-23)17-42-24(43-18-25)4-2-10-35(13-7-21(38)32-28)14-8-22(39)33-29/h23-24H,1-18,26-29H2,(H,30,36)(H,31,37)(H,32,38)(H,33,39). The number of carbonyl (C=O) groups is 4. The Morgan fingerprint density at radius 3 is 1.07 bits per heavy atom. The van der Waals surface area contributed by atoms with Crippen molar-refractivity contribution in [2.24, 2.45) is 28.8 Å². The van der Waals surface area contributed by atoms with Crippen LogP contribution in [-0.4, -0.2) is 112 Å². The molecular weight excluding hydrogens is 568 g/mol. The first kappa shape index (κ1) is 36.7.